The standard InChI is InChI=1S/C18H21ClN2O2S/c1-2-20-17(23)18(10-6-3-7-11-18)21-16(22)15-14(19)12-8-4-5-9-13(12)24-15/h4-5,8-9H,2-3,6-7,10-11H2,1H3,(H,20,23)(H,21,22). The Hall–Kier alpha value is -1.59. The Morgan fingerprint density at radius 3 is 2.58 bits per heavy atom. The molecule has 1 fully saturated rings. The predicted molar refractivity (Wildman–Crippen MR) is 98.8 cm³/mol. The van der Waals surface area contributed by atoms with Gasteiger partial charge in [0.1, 0.15) is 10.4 Å². The molecule has 3 rings (SSSR count). The van der Waals surface area contributed by atoms with Crippen LogP contribution >= 0.6 is 22.9 Å². The van der Waals surface area contributed by atoms with Crippen LogP contribution in [0.5, 0.6) is 0 Å². The minimum absolute atomic E-state index is 0.0877. The van der Waals surface area contributed by atoms with Crippen molar-refractivity contribution in [3.63, 3.8) is 0 Å². The van der Waals surface area contributed by atoms with Gasteiger partial charge in [0.25, 0.3) is 5.91 Å². The highest BCUT2D eigenvalue weighted by molar-refractivity contribution is 7.21. The minimum Gasteiger partial charge on any atom is -0.354 e. The number of fused-ring (bicyclic) bond motifs is 1. The summed E-state index contributed by atoms with van der Waals surface area (Å²) in [6.07, 6.45) is 4.33. The lowest BCUT2D eigenvalue weighted by molar-refractivity contribution is -0.128. The van der Waals surface area contributed by atoms with Crippen LogP contribution in [-0.2, 0) is 4.79 Å². The number of benzene rings is 1. The van der Waals surface area contributed by atoms with Gasteiger partial charge in [-0.25, -0.2) is 0 Å². The lowest BCUT2D eigenvalue weighted by atomic mass is 9.80. The summed E-state index contributed by atoms with van der Waals surface area (Å²) in [6.45, 7) is 2.44. The highest BCUT2D eigenvalue weighted by atomic mass is 35.5. The summed E-state index contributed by atoms with van der Waals surface area (Å²) in [6, 6.07) is 7.68. The van der Waals surface area contributed by atoms with Crippen LogP contribution in [0.25, 0.3) is 10.1 Å². The summed E-state index contributed by atoms with van der Waals surface area (Å²) in [5, 5.41) is 7.23. The third-order valence-corrected chi connectivity index (χ3v) is 6.25. The molecule has 2 aromatic rings. The fraction of sp³-hybridized carbons (Fsp3) is 0.444. The van der Waals surface area contributed by atoms with Crippen molar-refractivity contribution >= 4 is 44.8 Å². The average molecular weight is 365 g/mol. The van der Waals surface area contributed by atoms with Crippen LogP contribution in [0.2, 0.25) is 5.02 Å². The van der Waals surface area contributed by atoms with Gasteiger partial charge in [-0.15, -0.1) is 11.3 Å². The van der Waals surface area contributed by atoms with Gasteiger partial charge in [-0.2, -0.15) is 0 Å². The largest absolute Gasteiger partial charge is 0.354 e. The van der Waals surface area contributed by atoms with Crippen LogP contribution in [0.1, 0.15) is 48.7 Å². The Labute approximate surface area is 150 Å². The SMILES string of the molecule is CCNC(=O)C1(NC(=O)c2sc3ccccc3c2Cl)CCCCC1. The van der Waals surface area contributed by atoms with Crippen LogP contribution in [0.15, 0.2) is 24.3 Å². The Bertz CT molecular complexity index is 765. The van der Waals surface area contributed by atoms with Crippen LogP contribution in [-0.4, -0.2) is 23.9 Å². The van der Waals surface area contributed by atoms with E-state index in [9.17, 15) is 9.59 Å². The lowest BCUT2D eigenvalue weighted by Crippen LogP contribution is -2.59. The first-order valence-corrected chi connectivity index (χ1v) is 9.55. The Morgan fingerprint density at radius 2 is 1.92 bits per heavy atom. The van der Waals surface area contributed by atoms with Gasteiger partial charge in [-0.05, 0) is 25.8 Å². The molecule has 1 aromatic carbocycles. The molecule has 0 atom stereocenters. The second kappa shape index (κ2) is 7.11. The predicted octanol–water partition coefficient (Wildman–Crippen LogP) is 4.12. The molecule has 1 saturated carbocycles. The molecule has 0 saturated heterocycles. The van der Waals surface area contributed by atoms with E-state index in [2.05, 4.69) is 10.6 Å². The minimum atomic E-state index is -0.815. The first-order chi connectivity index (χ1) is 11.6. The van der Waals surface area contributed by atoms with Crippen LogP contribution < -0.4 is 10.6 Å². The van der Waals surface area contributed by atoms with Gasteiger partial charge in [0.05, 0.1) is 5.02 Å². The van der Waals surface area contributed by atoms with Gasteiger partial charge in [-0.3, -0.25) is 9.59 Å². The topological polar surface area (TPSA) is 58.2 Å². The molecule has 24 heavy (non-hydrogen) atoms. The maximum Gasteiger partial charge on any atom is 0.263 e. The fourth-order valence-corrected chi connectivity index (χ4v) is 4.74. The van der Waals surface area contributed by atoms with E-state index >= 15 is 0 Å². The van der Waals surface area contributed by atoms with Crippen molar-refractivity contribution in [1.29, 1.82) is 0 Å². The average Bonchev–Trinajstić information content (AvgIpc) is 2.93. The normalized spacial score (nSPS) is 16.8. The number of thiophene rings is 1. The summed E-state index contributed by atoms with van der Waals surface area (Å²) < 4.78 is 0.975. The van der Waals surface area contributed by atoms with Crippen molar-refractivity contribution in [3.8, 4) is 0 Å². The molecule has 2 amide bonds. The lowest BCUT2D eigenvalue weighted by Gasteiger charge is -2.36. The molecular weight excluding hydrogens is 344 g/mol. The second-order valence-corrected chi connectivity index (χ2v) is 7.63. The molecular formula is C18H21ClN2O2S. The van der Waals surface area contributed by atoms with Gasteiger partial charge in [0.2, 0.25) is 5.91 Å². The van der Waals surface area contributed by atoms with E-state index in [-0.39, 0.29) is 11.8 Å². The number of carbonyl (C=O) groups excluding carboxylic acids is 2. The number of carbonyl (C=O) groups is 2. The zero-order valence-electron chi connectivity index (χ0n) is 13.7. The maximum absolute atomic E-state index is 12.9. The second-order valence-electron chi connectivity index (χ2n) is 6.20. The Balaban J connectivity index is 1.89. The van der Waals surface area contributed by atoms with Crippen molar-refractivity contribution in [1.82, 2.24) is 10.6 Å². The van der Waals surface area contributed by atoms with Crippen LogP contribution in [0.3, 0.4) is 0 Å². The smallest absolute Gasteiger partial charge is 0.263 e. The molecule has 1 aliphatic rings. The van der Waals surface area contributed by atoms with E-state index in [1.54, 1.807) is 0 Å². The molecule has 4 nitrogen and oxygen atoms in total. The quantitative estimate of drug-likeness (QED) is 0.857. The Morgan fingerprint density at radius 1 is 1.21 bits per heavy atom. The molecule has 0 spiro atoms. The molecule has 0 unspecified atom stereocenters. The summed E-state index contributed by atoms with van der Waals surface area (Å²) in [5.74, 6) is -0.343. The van der Waals surface area contributed by atoms with Crippen LogP contribution in [0.4, 0.5) is 0 Å². The van der Waals surface area contributed by atoms with E-state index in [0.717, 1.165) is 29.3 Å². The summed E-state index contributed by atoms with van der Waals surface area (Å²) in [7, 11) is 0. The molecule has 1 aromatic heterocycles. The van der Waals surface area contributed by atoms with Crippen molar-refractivity contribution in [3.05, 3.63) is 34.2 Å². The summed E-state index contributed by atoms with van der Waals surface area (Å²) in [4.78, 5) is 25.9. The van der Waals surface area contributed by atoms with E-state index in [0.29, 0.717) is 29.3 Å². The Kier molecular flexibility index (Phi) is 5.11. The number of rotatable bonds is 4. The van der Waals surface area contributed by atoms with Crippen molar-refractivity contribution in [2.45, 2.75) is 44.6 Å². The van der Waals surface area contributed by atoms with Crippen molar-refractivity contribution in [2.24, 2.45) is 0 Å². The van der Waals surface area contributed by atoms with Crippen LogP contribution in [0, 0.1) is 0 Å². The van der Waals surface area contributed by atoms with Crippen molar-refractivity contribution in [2.75, 3.05) is 6.54 Å². The molecule has 0 bridgehead atoms. The van der Waals surface area contributed by atoms with E-state index < -0.39 is 5.54 Å². The van der Waals surface area contributed by atoms with Gasteiger partial charge in [0, 0.05) is 16.6 Å². The summed E-state index contributed by atoms with van der Waals surface area (Å²) >= 11 is 7.77. The van der Waals surface area contributed by atoms with Crippen molar-refractivity contribution < 1.29 is 9.59 Å². The highest BCUT2D eigenvalue weighted by Crippen LogP contribution is 2.36. The molecule has 6 heteroatoms. The number of hydrogen-bond acceptors (Lipinski definition) is 3. The first kappa shape index (κ1) is 17.2. The number of halogens is 1. The molecule has 1 aliphatic carbocycles. The zero-order valence-corrected chi connectivity index (χ0v) is 15.2. The number of likely N-dealkylation sites (N-methyl/N-ethyl adjacent to an activating group) is 1. The first-order valence-electron chi connectivity index (χ1n) is 8.35. The third-order valence-electron chi connectivity index (χ3n) is 4.57. The van der Waals surface area contributed by atoms with Gasteiger partial charge in [-0.1, -0.05) is 49.1 Å². The monoisotopic (exact) mass is 364 g/mol. The third kappa shape index (κ3) is 3.15. The molecule has 0 aliphatic heterocycles. The maximum atomic E-state index is 12.9. The molecule has 2 N–H and O–H groups in total. The van der Waals surface area contributed by atoms with Gasteiger partial charge < -0.3 is 10.6 Å². The number of amides is 2. The van der Waals surface area contributed by atoms with E-state index in [4.69, 9.17) is 11.6 Å². The molecule has 1 heterocycles. The highest BCUT2D eigenvalue weighted by Gasteiger charge is 2.41. The number of hydrogen-bond donors (Lipinski definition) is 2. The fourth-order valence-electron chi connectivity index (χ4n) is 3.33. The van der Waals surface area contributed by atoms with Gasteiger partial charge in [0.15, 0.2) is 0 Å². The van der Waals surface area contributed by atoms with E-state index in [1.807, 2.05) is 31.2 Å². The summed E-state index contributed by atoms with van der Waals surface area (Å²) in [5.41, 5.74) is -0.815. The van der Waals surface area contributed by atoms with E-state index in [1.165, 1.54) is 11.3 Å². The number of nitrogens with one attached hydrogen (secondary N) is 2. The molecule has 128 valence electrons. The van der Waals surface area contributed by atoms with Gasteiger partial charge >= 0.3 is 0 Å². The zero-order chi connectivity index (χ0) is 17.2. The molecule has 0 radical (unpaired) electrons.